The predicted octanol–water partition coefficient (Wildman–Crippen LogP) is 4.72. The summed E-state index contributed by atoms with van der Waals surface area (Å²) < 4.78 is 0. The number of halogens is 1. The maximum atomic E-state index is 12.1. The lowest BCUT2D eigenvalue weighted by atomic mass is 10.2. The Balaban J connectivity index is 1.77. The molecule has 0 radical (unpaired) electrons. The van der Waals surface area contributed by atoms with E-state index in [-0.39, 0.29) is 5.91 Å². The number of hydrogen-bond donors (Lipinski definition) is 1. The lowest BCUT2D eigenvalue weighted by Gasteiger charge is -2.01. The van der Waals surface area contributed by atoms with Gasteiger partial charge in [-0.3, -0.25) is 10.1 Å². The average molecular weight is 315 g/mol. The molecule has 1 N–H and O–H groups in total. The molecule has 1 aromatic heterocycles. The zero-order valence-corrected chi connectivity index (χ0v) is 12.5. The Morgan fingerprint density at radius 3 is 2.67 bits per heavy atom. The summed E-state index contributed by atoms with van der Waals surface area (Å²) in [7, 11) is 0. The summed E-state index contributed by atoms with van der Waals surface area (Å²) in [5.41, 5.74) is 1.59. The predicted molar refractivity (Wildman–Crippen MR) is 87.0 cm³/mol. The van der Waals surface area contributed by atoms with Crippen LogP contribution in [0.5, 0.6) is 0 Å². The Labute approximate surface area is 131 Å². The number of anilines is 1. The Kier molecular flexibility index (Phi) is 3.99. The number of nitrogens with one attached hydrogen (secondary N) is 1. The molecule has 5 heteroatoms. The van der Waals surface area contributed by atoms with E-state index in [0.29, 0.717) is 15.7 Å². The topological polar surface area (TPSA) is 42.0 Å². The van der Waals surface area contributed by atoms with Crippen molar-refractivity contribution in [1.82, 2.24) is 4.98 Å². The summed E-state index contributed by atoms with van der Waals surface area (Å²) in [6.07, 6.45) is 1.76. The Morgan fingerprint density at radius 2 is 1.90 bits per heavy atom. The summed E-state index contributed by atoms with van der Waals surface area (Å²) in [5.74, 6) is -0.216. The third-order valence-electron chi connectivity index (χ3n) is 2.87. The van der Waals surface area contributed by atoms with Crippen molar-refractivity contribution in [3.8, 4) is 10.4 Å². The molecule has 104 valence electrons. The van der Waals surface area contributed by atoms with E-state index >= 15 is 0 Å². The fourth-order valence-electron chi connectivity index (χ4n) is 1.87. The monoisotopic (exact) mass is 314 g/mol. The Bertz CT molecular complexity index is 771. The van der Waals surface area contributed by atoms with Crippen molar-refractivity contribution >= 4 is 34.0 Å². The number of benzene rings is 2. The molecular formula is C16H11ClN2OS. The molecule has 1 amide bonds. The average Bonchev–Trinajstić information content (AvgIpc) is 2.97. The highest BCUT2D eigenvalue weighted by Crippen LogP contribution is 2.28. The van der Waals surface area contributed by atoms with Crippen molar-refractivity contribution < 1.29 is 4.79 Å². The molecule has 0 saturated carbocycles. The molecule has 21 heavy (non-hydrogen) atoms. The fraction of sp³-hybridized carbons (Fsp3) is 0. The number of thiazole rings is 1. The zero-order chi connectivity index (χ0) is 14.7. The van der Waals surface area contributed by atoms with Crippen LogP contribution >= 0.6 is 22.9 Å². The van der Waals surface area contributed by atoms with Crippen LogP contribution in [0.2, 0.25) is 5.02 Å². The zero-order valence-electron chi connectivity index (χ0n) is 10.9. The normalized spacial score (nSPS) is 10.3. The smallest absolute Gasteiger partial charge is 0.257 e. The first-order chi connectivity index (χ1) is 10.2. The lowest BCUT2D eigenvalue weighted by Crippen LogP contribution is -2.11. The number of nitrogens with zero attached hydrogens (tertiary/aromatic N) is 1. The van der Waals surface area contributed by atoms with Gasteiger partial charge in [-0.15, -0.1) is 0 Å². The first-order valence-electron chi connectivity index (χ1n) is 6.30. The Morgan fingerprint density at radius 1 is 1.10 bits per heavy atom. The minimum Gasteiger partial charge on any atom is -0.298 e. The highest BCUT2D eigenvalue weighted by Gasteiger charge is 2.10. The van der Waals surface area contributed by atoms with Gasteiger partial charge in [0.15, 0.2) is 5.13 Å². The van der Waals surface area contributed by atoms with Gasteiger partial charge in [-0.25, -0.2) is 4.98 Å². The molecule has 1 heterocycles. The first-order valence-corrected chi connectivity index (χ1v) is 7.50. The molecule has 0 saturated heterocycles. The van der Waals surface area contributed by atoms with Crippen LogP contribution < -0.4 is 5.32 Å². The van der Waals surface area contributed by atoms with Crippen LogP contribution in [-0.2, 0) is 0 Å². The summed E-state index contributed by atoms with van der Waals surface area (Å²) in [4.78, 5) is 17.4. The number of amides is 1. The molecule has 0 aliphatic rings. The van der Waals surface area contributed by atoms with Gasteiger partial charge in [-0.2, -0.15) is 0 Å². The molecule has 0 unspecified atom stereocenters. The standard InChI is InChI=1S/C16H11ClN2OS/c17-13-8-4-7-12(9-13)15(20)19-16-18-10-14(21-16)11-5-2-1-3-6-11/h1-10H,(H,18,19,20). The molecule has 0 aliphatic carbocycles. The van der Waals surface area contributed by atoms with Crippen molar-refractivity contribution in [2.45, 2.75) is 0 Å². The van der Waals surface area contributed by atoms with Gasteiger partial charge in [0, 0.05) is 16.8 Å². The van der Waals surface area contributed by atoms with Crippen LogP contribution in [0.25, 0.3) is 10.4 Å². The largest absolute Gasteiger partial charge is 0.298 e. The number of hydrogen-bond acceptors (Lipinski definition) is 3. The number of carbonyl (C=O) groups excluding carboxylic acids is 1. The van der Waals surface area contributed by atoms with Crippen molar-refractivity contribution in [2.24, 2.45) is 0 Å². The van der Waals surface area contributed by atoms with Crippen LogP contribution in [0.1, 0.15) is 10.4 Å². The first kappa shape index (κ1) is 13.8. The highest BCUT2D eigenvalue weighted by molar-refractivity contribution is 7.19. The number of aromatic nitrogens is 1. The molecule has 0 aliphatic heterocycles. The van der Waals surface area contributed by atoms with Crippen molar-refractivity contribution in [3.05, 3.63) is 71.4 Å². The lowest BCUT2D eigenvalue weighted by molar-refractivity contribution is 0.102. The maximum absolute atomic E-state index is 12.1. The van der Waals surface area contributed by atoms with Gasteiger partial charge >= 0.3 is 0 Å². The van der Waals surface area contributed by atoms with Gasteiger partial charge in [0.1, 0.15) is 0 Å². The van der Waals surface area contributed by atoms with E-state index in [2.05, 4.69) is 10.3 Å². The molecular weight excluding hydrogens is 304 g/mol. The second-order valence-corrected chi connectivity index (χ2v) is 5.83. The van der Waals surface area contributed by atoms with Crippen LogP contribution in [0, 0.1) is 0 Å². The van der Waals surface area contributed by atoms with E-state index < -0.39 is 0 Å². The van der Waals surface area contributed by atoms with Gasteiger partial charge in [-0.05, 0) is 23.8 Å². The van der Waals surface area contributed by atoms with E-state index in [9.17, 15) is 4.79 Å². The third-order valence-corrected chi connectivity index (χ3v) is 4.07. The molecule has 0 atom stereocenters. The molecule has 3 aromatic rings. The van der Waals surface area contributed by atoms with Crippen molar-refractivity contribution in [3.63, 3.8) is 0 Å². The second kappa shape index (κ2) is 6.08. The SMILES string of the molecule is O=C(Nc1ncc(-c2ccccc2)s1)c1cccc(Cl)c1. The molecule has 3 nitrogen and oxygen atoms in total. The van der Waals surface area contributed by atoms with E-state index in [1.54, 1.807) is 30.5 Å². The van der Waals surface area contributed by atoms with Crippen molar-refractivity contribution in [2.75, 3.05) is 5.32 Å². The van der Waals surface area contributed by atoms with E-state index in [1.165, 1.54) is 11.3 Å². The highest BCUT2D eigenvalue weighted by atomic mass is 35.5. The number of carbonyl (C=O) groups is 1. The molecule has 0 fully saturated rings. The van der Waals surface area contributed by atoms with Crippen LogP contribution in [0.4, 0.5) is 5.13 Å². The quantitative estimate of drug-likeness (QED) is 0.760. The summed E-state index contributed by atoms with van der Waals surface area (Å²) in [5, 5.41) is 3.89. The van der Waals surface area contributed by atoms with Gasteiger partial charge in [0.2, 0.25) is 0 Å². The van der Waals surface area contributed by atoms with E-state index in [0.717, 1.165) is 10.4 Å². The van der Waals surface area contributed by atoms with Crippen molar-refractivity contribution in [1.29, 1.82) is 0 Å². The van der Waals surface area contributed by atoms with Gasteiger partial charge in [0.05, 0.1) is 4.88 Å². The third kappa shape index (κ3) is 3.29. The van der Waals surface area contributed by atoms with Gasteiger partial charge < -0.3 is 0 Å². The number of rotatable bonds is 3. The molecule has 3 rings (SSSR count). The van der Waals surface area contributed by atoms with Gasteiger partial charge in [0.25, 0.3) is 5.91 Å². The maximum Gasteiger partial charge on any atom is 0.257 e. The molecule has 0 bridgehead atoms. The van der Waals surface area contributed by atoms with Crippen LogP contribution in [0.15, 0.2) is 60.8 Å². The van der Waals surface area contributed by atoms with E-state index in [1.807, 2.05) is 30.3 Å². The Hall–Kier alpha value is -2.17. The summed E-state index contributed by atoms with van der Waals surface area (Å²) in [6, 6.07) is 16.7. The second-order valence-electron chi connectivity index (χ2n) is 4.36. The van der Waals surface area contributed by atoms with E-state index in [4.69, 9.17) is 11.6 Å². The summed E-state index contributed by atoms with van der Waals surface area (Å²) in [6.45, 7) is 0. The minimum absolute atomic E-state index is 0.216. The van der Waals surface area contributed by atoms with Gasteiger partial charge in [-0.1, -0.05) is 59.3 Å². The van der Waals surface area contributed by atoms with Crippen LogP contribution in [0.3, 0.4) is 0 Å². The van der Waals surface area contributed by atoms with Crippen LogP contribution in [-0.4, -0.2) is 10.9 Å². The molecule has 0 spiro atoms. The fourth-order valence-corrected chi connectivity index (χ4v) is 2.87. The summed E-state index contributed by atoms with van der Waals surface area (Å²) >= 11 is 7.32. The molecule has 2 aromatic carbocycles. The minimum atomic E-state index is -0.216.